The van der Waals surface area contributed by atoms with Crippen LogP contribution in [-0.4, -0.2) is 5.11 Å². The summed E-state index contributed by atoms with van der Waals surface area (Å²) in [7, 11) is 0. The summed E-state index contributed by atoms with van der Waals surface area (Å²) in [6, 6.07) is 6.81. The molecule has 1 N–H and O–H groups in total. The molecule has 0 bridgehead atoms. The first-order valence-corrected chi connectivity index (χ1v) is 6.19. The Balaban J connectivity index is 2.60. The summed E-state index contributed by atoms with van der Waals surface area (Å²) in [6.45, 7) is 4.33. The Kier molecular flexibility index (Phi) is 3.61. The molecule has 0 aliphatic rings. The van der Waals surface area contributed by atoms with Crippen molar-refractivity contribution in [2.24, 2.45) is 0 Å². The van der Waals surface area contributed by atoms with Gasteiger partial charge in [0, 0.05) is 5.56 Å². The fraction of sp³-hybridized carbons (Fsp3) is 0.250. The third-order valence-electron chi connectivity index (χ3n) is 3.53. The first kappa shape index (κ1) is 14.6. The molecule has 0 spiro atoms. The van der Waals surface area contributed by atoms with E-state index in [2.05, 4.69) is 0 Å². The van der Waals surface area contributed by atoms with E-state index in [0.717, 1.165) is 6.07 Å². The van der Waals surface area contributed by atoms with Gasteiger partial charge in [-0.2, -0.15) is 0 Å². The molecule has 2 aromatic carbocycles. The van der Waals surface area contributed by atoms with Crippen LogP contribution >= 0.6 is 0 Å². The fourth-order valence-electron chi connectivity index (χ4n) is 2.07. The fourth-order valence-corrected chi connectivity index (χ4v) is 2.07. The van der Waals surface area contributed by atoms with Gasteiger partial charge in [-0.25, -0.2) is 13.2 Å². The second-order valence-electron chi connectivity index (χ2n) is 5.09. The van der Waals surface area contributed by atoms with Gasteiger partial charge in [0.05, 0.1) is 0 Å². The van der Waals surface area contributed by atoms with Crippen LogP contribution < -0.4 is 0 Å². The average Bonchev–Trinajstić information content (AvgIpc) is 2.38. The van der Waals surface area contributed by atoms with Gasteiger partial charge in [0.1, 0.15) is 11.4 Å². The minimum Gasteiger partial charge on any atom is -0.381 e. The highest BCUT2D eigenvalue weighted by Gasteiger charge is 2.31. The molecule has 0 heterocycles. The SMILES string of the molecule is Cc1ccc(C(C)(O)c2ccc(C)c(F)c2F)cc1F. The van der Waals surface area contributed by atoms with Gasteiger partial charge in [0.25, 0.3) is 0 Å². The predicted octanol–water partition coefficient (Wildman–Crippen LogP) is 3.98. The van der Waals surface area contributed by atoms with Crippen molar-refractivity contribution in [3.05, 3.63) is 70.0 Å². The molecule has 0 amide bonds. The standard InChI is InChI=1S/C16H15F3O/c1-9-4-6-11(8-13(9)17)16(3,20)12-7-5-10(2)14(18)15(12)19/h4-8,20H,1-3H3. The van der Waals surface area contributed by atoms with E-state index in [1.54, 1.807) is 6.92 Å². The Morgan fingerprint density at radius 3 is 2.10 bits per heavy atom. The lowest BCUT2D eigenvalue weighted by Crippen LogP contribution is -2.25. The van der Waals surface area contributed by atoms with E-state index in [1.807, 2.05) is 0 Å². The van der Waals surface area contributed by atoms with E-state index in [1.165, 1.54) is 38.1 Å². The molecule has 1 unspecified atom stereocenters. The number of aryl methyl sites for hydroxylation is 2. The molecule has 1 atom stereocenters. The van der Waals surface area contributed by atoms with Crippen LogP contribution in [0.4, 0.5) is 13.2 Å². The molecule has 4 heteroatoms. The summed E-state index contributed by atoms with van der Waals surface area (Å²) in [5.74, 6) is -2.62. The van der Waals surface area contributed by atoms with Gasteiger partial charge in [0.2, 0.25) is 0 Å². The van der Waals surface area contributed by atoms with E-state index < -0.39 is 23.1 Å². The molecule has 0 aliphatic heterocycles. The van der Waals surface area contributed by atoms with Gasteiger partial charge in [-0.05, 0) is 43.5 Å². The first-order chi connectivity index (χ1) is 9.25. The Bertz CT molecular complexity index is 663. The van der Waals surface area contributed by atoms with Crippen LogP contribution in [0.15, 0.2) is 30.3 Å². The van der Waals surface area contributed by atoms with Crippen molar-refractivity contribution < 1.29 is 18.3 Å². The van der Waals surface area contributed by atoms with Crippen molar-refractivity contribution in [1.82, 2.24) is 0 Å². The Morgan fingerprint density at radius 1 is 0.900 bits per heavy atom. The lowest BCUT2D eigenvalue weighted by molar-refractivity contribution is 0.0966. The molecular weight excluding hydrogens is 265 g/mol. The molecular formula is C16H15F3O. The van der Waals surface area contributed by atoms with Gasteiger partial charge in [-0.15, -0.1) is 0 Å². The zero-order chi connectivity index (χ0) is 15.1. The van der Waals surface area contributed by atoms with Crippen LogP contribution in [0, 0.1) is 31.3 Å². The van der Waals surface area contributed by atoms with Crippen molar-refractivity contribution in [3.8, 4) is 0 Å². The monoisotopic (exact) mass is 280 g/mol. The average molecular weight is 280 g/mol. The van der Waals surface area contributed by atoms with Crippen molar-refractivity contribution in [2.75, 3.05) is 0 Å². The van der Waals surface area contributed by atoms with Crippen LogP contribution in [-0.2, 0) is 5.60 Å². The number of hydrogen-bond acceptors (Lipinski definition) is 1. The Labute approximate surface area is 115 Å². The number of hydrogen-bond donors (Lipinski definition) is 1. The van der Waals surface area contributed by atoms with Gasteiger partial charge in [0.15, 0.2) is 11.6 Å². The maximum atomic E-state index is 14.0. The van der Waals surface area contributed by atoms with E-state index in [-0.39, 0.29) is 16.7 Å². The third-order valence-corrected chi connectivity index (χ3v) is 3.53. The summed E-state index contributed by atoms with van der Waals surface area (Å²) in [6.07, 6.45) is 0. The minimum absolute atomic E-state index is 0.150. The maximum Gasteiger partial charge on any atom is 0.165 e. The summed E-state index contributed by atoms with van der Waals surface area (Å²) < 4.78 is 41.2. The smallest absolute Gasteiger partial charge is 0.165 e. The highest BCUT2D eigenvalue weighted by atomic mass is 19.2. The molecule has 0 fully saturated rings. The summed E-state index contributed by atoms with van der Waals surface area (Å²) in [4.78, 5) is 0. The molecule has 0 saturated carbocycles. The molecule has 0 saturated heterocycles. The zero-order valence-electron chi connectivity index (χ0n) is 11.5. The number of benzene rings is 2. The van der Waals surface area contributed by atoms with E-state index >= 15 is 0 Å². The largest absolute Gasteiger partial charge is 0.381 e. The van der Waals surface area contributed by atoms with Crippen molar-refractivity contribution >= 4 is 0 Å². The molecule has 0 aromatic heterocycles. The Hall–Kier alpha value is -1.81. The van der Waals surface area contributed by atoms with Gasteiger partial charge < -0.3 is 5.11 Å². The van der Waals surface area contributed by atoms with Gasteiger partial charge in [-0.1, -0.05) is 24.3 Å². The lowest BCUT2D eigenvalue weighted by atomic mass is 9.86. The normalized spacial score (nSPS) is 14.2. The molecule has 2 aromatic rings. The number of halogens is 3. The van der Waals surface area contributed by atoms with E-state index in [9.17, 15) is 18.3 Å². The Morgan fingerprint density at radius 2 is 1.50 bits per heavy atom. The molecule has 106 valence electrons. The van der Waals surface area contributed by atoms with Crippen molar-refractivity contribution in [2.45, 2.75) is 26.4 Å². The van der Waals surface area contributed by atoms with Gasteiger partial charge in [-0.3, -0.25) is 0 Å². The lowest BCUT2D eigenvalue weighted by Gasteiger charge is -2.25. The molecule has 0 radical (unpaired) electrons. The summed E-state index contributed by atoms with van der Waals surface area (Å²) in [5, 5.41) is 10.5. The summed E-state index contributed by atoms with van der Waals surface area (Å²) in [5.41, 5.74) is -1.29. The minimum atomic E-state index is -1.81. The second kappa shape index (κ2) is 4.94. The predicted molar refractivity (Wildman–Crippen MR) is 70.9 cm³/mol. The highest BCUT2D eigenvalue weighted by molar-refractivity contribution is 5.39. The quantitative estimate of drug-likeness (QED) is 0.882. The van der Waals surface area contributed by atoms with Crippen LogP contribution in [0.5, 0.6) is 0 Å². The zero-order valence-corrected chi connectivity index (χ0v) is 11.5. The number of rotatable bonds is 2. The third kappa shape index (κ3) is 2.31. The topological polar surface area (TPSA) is 20.2 Å². The molecule has 2 rings (SSSR count). The first-order valence-electron chi connectivity index (χ1n) is 6.19. The van der Waals surface area contributed by atoms with E-state index in [4.69, 9.17) is 0 Å². The maximum absolute atomic E-state index is 14.0. The second-order valence-corrected chi connectivity index (χ2v) is 5.09. The van der Waals surface area contributed by atoms with Crippen LogP contribution in [0.1, 0.15) is 29.2 Å². The number of aliphatic hydroxyl groups is 1. The summed E-state index contributed by atoms with van der Waals surface area (Å²) >= 11 is 0. The highest BCUT2D eigenvalue weighted by Crippen LogP contribution is 2.33. The van der Waals surface area contributed by atoms with E-state index in [0.29, 0.717) is 5.56 Å². The molecule has 0 aliphatic carbocycles. The molecule has 20 heavy (non-hydrogen) atoms. The van der Waals surface area contributed by atoms with Crippen LogP contribution in [0.3, 0.4) is 0 Å². The van der Waals surface area contributed by atoms with Gasteiger partial charge >= 0.3 is 0 Å². The van der Waals surface area contributed by atoms with Crippen LogP contribution in [0.25, 0.3) is 0 Å². The van der Waals surface area contributed by atoms with Crippen LogP contribution in [0.2, 0.25) is 0 Å². The molecule has 1 nitrogen and oxygen atoms in total. The van der Waals surface area contributed by atoms with Crippen molar-refractivity contribution in [3.63, 3.8) is 0 Å². The van der Waals surface area contributed by atoms with Crippen molar-refractivity contribution in [1.29, 1.82) is 0 Å².